The number of benzene rings is 2. The van der Waals surface area contributed by atoms with Crippen LogP contribution < -0.4 is 4.90 Å². The number of nitriles is 1. The lowest BCUT2D eigenvalue weighted by Gasteiger charge is -2.26. The topological polar surface area (TPSA) is 77.2 Å². The number of carboxylic acids is 1. The van der Waals surface area contributed by atoms with E-state index in [0.717, 1.165) is 34.3 Å². The predicted molar refractivity (Wildman–Crippen MR) is 130 cm³/mol. The van der Waals surface area contributed by atoms with Crippen molar-refractivity contribution in [2.24, 2.45) is 0 Å². The van der Waals surface area contributed by atoms with Crippen molar-refractivity contribution in [1.82, 2.24) is 4.98 Å². The van der Waals surface area contributed by atoms with Crippen LogP contribution in [0.5, 0.6) is 0 Å². The molecule has 1 atom stereocenters. The highest BCUT2D eigenvalue weighted by atomic mass is 16.4. The molecular formula is C27H31N3O2. The lowest BCUT2D eigenvalue weighted by atomic mass is 9.96. The fourth-order valence-electron chi connectivity index (χ4n) is 3.96. The second kappa shape index (κ2) is 10.8. The maximum atomic E-state index is 11.2. The van der Waals surface area contributed by atoms with Gasteiger partial charge in [-0.1, -0.05) is 44.4 Å². The van der Waals surface area contributed by atoms with Gasteiger partial charge in [-0.15, -0.1) is 0 Å². The van der Waals surface area contributed by atoms with E-state index < -0.39 is 5.97 Å². The van der Waals surface area contributed by atoms with Gasteiger partial charge in [-0.2, -0.15) is 5.26 Å². The van der Waals surface area contributed by atoms with Gasteiger partial charge in [0.15, 0.2) is 0 Å². The SMILES string of the molecule is CCCCCCc1ccc2nc(N(C)C(C)CC(=O)O)cc(-c3cccc(C#N)c3)c2c1. The van der Waals surface area contributed by atoms with Gasteiger partial charge in [0.2, 0.25) is 0 Å². The molecule has 0 spiro atoms. The van der Waals surface area contributed by atoms with Gasteiger partial charge < -0.3 is 10.0 Å². The molecule has 0 aliphatic rings. The molecule has 1 heterocycles. The summed E-state index contributed by atoms with van der Waals surface area (Å²) in [5.74, 6) is -0.112. The van der Waals surface area contributed by atoms with Crippen LogP contribution in [0, 0.1) is 11.3 Å². The van der Waals surface area contributed by atoms with Gasteiger partial charge in [-0.05, 0) is 66.8 Å². The van der Waals surface area contributed by atoms with Crippen molar-refractivity contribution < 1.29 is 9.90 Å². The summed E-state index contributed by atoms with van der Waals surface area (Å²) in [5.41, 5.74) is 4.73. The number of nitrogens with zero attached hydrogens (tertiary/aromatic N) is 3. The summed E-state index contributed by atoms with van der Waals surface area (Å²) in [6, 6.07) is 18.0. The molecule has 0 fully saturated rings. The van der Waals surface area contributed by atoms with Gasteiger partial charge in [-0.25, -0.2) is 4.98 Å². The number of pyridine rings is 1. The Hall–Kier alpha value is -3.39. The Morgan fingerprint density at radius 3 is 2.69 bits per heavy atom. The van der Waals surface area contributed by atoms with E-state index >= 15 is 0 Å². The van der Waals surface area contributed by atoms with Gasteiger partial charge in [0.25, 0.3) is 0 Å². The number of unbranched alkanes of at least 4 members (excludes halogenated alkanes) is 3. The molecule has 0 saturated carbocycles. The van der Waals surface area contributed by atoms with E-state index in [2.05, 4.69) is 31.2 Å². The number of fused-ring (bicyclic) bond motifs is 1. The molecule has 32 heavy (non-hydrogen) atoms. The summed E-state index contributed by atoms with van der Waals surface area (Å²) < 4.78 is 0. The molecule has 1 aromatic heterocycles. The molecule has 1 unspecified atom stereocenters. The molecule has 1 N–H and O–H groups in total. The Kier molecular flexibility index (Phi) is 7.83. The molecule has 166 valence electrons. The normalized spacial score (nSPS) is 11.8. The summed E-state index contributed by atoms with van der Waals surface area (Å²) in [6.45, 7) is 4.10. The molecule has 3 rings (SSSR count). The zero-order valence-corrected chi connectivity index (χ0v) is 19.1. The predicted octanol–water partition coefficient (Wildman–Crippen LogP) is 6.20. The third-order valence-electron chi connectivity index (χ3n) is 5.97. The number of aromatic nitrogens is 1. The van der Waals surface area contributed by atoms with Crippen LogP contribution in [0.3, 0.4) is 0 Å². The minimum atomic E-state index is -0.834. The van der Waals surface area contributed by atoms with Crippen molar-refractivity contribution in [3.05, 3.63) is 59.7 Å². The van der Waals surface area contributed by atoms with Crippen LogP contribution in [0.4, 0.5) is 5.82 Å². The number of carbonyl (C=O) groups is 1. The number of aliphatic carboxylic acids is 1. The lowest BCUT2D eigenvalue weighted by Crippen LogP contribution is -2.31. The van der Waals surface area contributed by atoms with Gasteiger partial charge in [0, 0.05) is 18.5 Å². The highest BCUT2D eigenvalue weighted by Gasteiger charge is 2.17. The van der Waals surface area contributed by atoms with Crippen molar-refractivity contribution in [1.29, 1.82) is 5.26 Å². The van der Waals surface area contributed by atoms with Crippen molar-refractivity contribution in [3.63, 3.8) is 0 Å². The van der Waals surface area contributed by atoms with Gasteiger partial charge in [-0.3, -0.25) is 4.79 Å². The number of hydrogen-bond acceptors (Lipinski definition) is 4. The van der Waals surface area contributed by atoms with Gasteiger partial charge in [0.1, 0.15) is 5.82 Å². The number of aryl methyl sites for hydroxylation is 1. The zero-order valence-electron chi connectivity index (χ0n) is 19.1. The third-order valence-corrected chi connectivity index (χ3v) is 5.97. The average molecular weight is 430 g/mol. The Morgan fingerprint density at radius 2 is 1.97 bits per heavy atom. The van der Waals surface area contributed by atoms with Crippen LogP contribution in [0.2, 0.25) is 0 Å². The average Bonchev–Trinajstić information content (AvgIpc) is 2.80. The van der Waals surface area contributed by atoms with Gasteiger partial charge >= 0.3 is 5.97 Å². The first-order valence-electron chi connectivity index (χ1n) is 11.3. The summed E-state index contributed by atoms with van der Waals surface area (Å²) in [5, 5.41) is 19.6. The van der Waals surface area contributed by atoms with E-state index in [1.165, 1.54) is 31.2 Å². The first-order chi connectivity index (χ1) is 15.4. The van der Waals surface area contributed by atoms with Crippen LogP contribution in [0.1, 0.15) is 57.1 Å². The van der Waals surface area contributed by atoms with Crippen LogP contribution in [-0.4, -0.2) is 29.1 Å². The molecule has 0 amide bonds. The highest BCUT2D eigenvalue weighted by Crippen LogP contribution is 2.33. The van der Waals surface area contributed by atoms with Crippen molar-refractivity contribution >= 4 is 22.7 Å². The van der Waals surface area contributed by atoms with Crippen LogP contribution >= 0.6 is 0 Å². The van der Waals surface area contributed by atoms with E-state index in [4.69, 9.17) is 4.98 Å². The standard InChI is InChI=1S/C27H31N3O2/c1-4-5-6-7-9-20-12-13-25-24(16-20)23(22-11-8-10-21(15-22)18-28)17-26(29-25)30(3)19(2)14-27(31)32/h8,10-13,15-17,19H,4-7,9,14H2,1-3H3,(H,31,32). The summed E-state index contributed by atoms with van der Waals surface area (Å²) in [4.78, 5) is 18.0. The maximum absolute atomic E-state index is 11.2. The quantitative estimate of drug-likeness (QED) is 0.389. The van der Waals surface area contributed by atoms with Crippen LogP contribution in [-0.2, 0) is 11.2 Å². The van der Waals surface area contributed by atoms with E-state index in [1.54, 1.807) is 6.07 Å². The van der Waals surface area contributed by atoms with Crippen LogP contribution in [0.25, 0.3) is 22.0 Å². The molecule has 5 heteroatoms. The van der Waals surface area contributed by atoms with E-state index in [1.807, 2.05) is 43.1 Å². The second-order valence-electron chi connectivity index (χ2n) is 8.44. The lowest BCUT2D eigenvalue weighted by molar-refractivity contribution is -0.137. The molecule has 2 aromatic carbocycles. The molecule has 0 aliphatic heterocycles. The van der Waals surface area contributed by atoms with Crippen molar-refractivity contribution in [2.45, 2.75) is 58.4 Å². The number of hydrogen-bond donors (Lipinski definition) is 1. The Bertz CT molecular complexity index is 1130. The largest absolute Gasteiger partial charge is 0.481 e. The van der Waals surface area contributed by atoms with E-state index in [9.17, 15) is 15.2 Å². The van der Waals surface area contributed by atoms with Crippen molar-refractivity contribution in [2.75, 3.05) is 11.9 Å². The summed E-state index contributed by atoms with van der Waals surface area (Å²) in [6.07, 6.45) is 5.94. The van der Waals surface area contributed by atoms with E-state index in [0.29, 0.717) is 5.56 Å². The van der Waals surface area contributed by atoms with E-state index in [-0.39, 0.29) is 12.5 Å². The van der Waals surface area contributed by atoms with Crippen molar-refractivity contribution in [3.8, 4) is 17.2 Å². The fourth-order valence-corrected chi connectivity index (χ4v) is 3.96. The molecule has 0 radical (unpaired) electrons. The Morgan fingerprint density at radius 1 is 1.16 bits per heavy atom. The first kappa shape index (κ1) is 23.3. The summed E-state index contributed by atoms with van der Waals surface area (Å²) in [7, 11) is 1.87. The minimum Gasteiger partial charge on any atom is -0.481 e. The Labute approximate surface area is 190 Å². The molecule has 0 aliphatic carbocycles. The summed E-state index contributed by atoms with van der Waals surface area (Å²) >= 11 is 0. The second-order valence-corrected chi connectivity index (χ2v) is 8.44. The van der Waals surface area contributed by atoms with Crippen LogP contribution in [0.15, 0.2) is 48.5 Å². The Balaban J connectivity index is 2.08. The minimum absolute atomic E-state index is 0.0339. The number of rotatable bonds is 10. The van der Waals surface area contributed by atoms with Gasteiger partial charge in [0.05, 0.1) is 23.6 Å². The smallest absolute Gasteiger partial charge is 0.305 e. The molecule has 0 bridgehead atoms. The first-order valence-corrected chi connectivity index (χ1v) is 11.3. The number of anilines is 1. The number of carboxylic acid groups (broad SMARTS) is 1. The molecule has 3 aromatic rings. The highest BCUT2D eigenvalue weighted by molar-refractivity contribution is 5.96. The molecular weight excluding hydrogens is 398 g/mol. The molecule has 0 saturated heterocycles. The monoisotopic (exact) mass is 429 g/mol. The third kappa shape index (κ3) is 5.64. The molecule has 5 nitrogen and oxygen atoms in total. The fraction of sp³-hybridized carbons (Fsp3) is 0.370. The zero-order chi connectivity index (χ0) is 23.1. The maximum Gasteiger partial charge on any atom is 0.305 e.